The highest BCUT2D eigenvalue weighted by atomic mass is 16.5. The lowest BCUT2D eigenvalue weighted by Gasteiger charge is -2.12. The van der Waals surface area contributed by atoms with Crippen molar-refractivity contribution in [2.45, 2.75) is 32.5 Å². The van der Waals surface area contributed by atoms with Gasteiger partial charge in [-0.05, 0) is 25.7 Å². The van der Waals surface area contributed by atoms with Crippen LogP contribution < -0.4 is 4.74 Å². The Morgan fingerprint density at radius 3 is 3.23 bits per heavy atom. The second kappa shape index (κ2) is 3.86. The first-order valence-corrected chi connectivity index (χ1v) is 4.90. The number of hydrogen-bond donors (Lipinski definition) is 0. The van der Waals surface area contributed by atoms with Gasteiger partial charge in [0, 0.05) is 0 Å². The summed E-state index contributed by atoms with van der Waals surface area (Å²) in [5.41, 5.74) is 1.22. The molecule has 1 radical (unpaired) electrons. The Morgan fingerprint density at radius 2 is 2.38 bits per heavy atom. The summed E-state index contributed by atoms with van der Waals surface area (Å²) in [7, 11) is 1.98. The molecule has 0 aromatic carbocycles. The number of nitrogens with zero attached hydrogens (tertiary/aromatic N) is 2. The van der Waals surface area contributed by atoms with Crippen molar-refractivity contribution in [2.75, 3.05) is 6.61 Å². The van der Waals surface area contributed by atoms with Crippen LogP contribution in [0.3, 0.4) is 0 Å². The second-order valence-electron chi connectivity index (χ2n) is 3.32. The van der Waals surface area contributed by atoms with Crippen LogP contribution in [0.1, 0.15) is 25.0 Å². The Balaban J connectivity index is 2.25. The van der Waals surface area contributed by atoms with E-state index in [0.717, 1.165) is 18.8 Å². The Morgan fingerprint density at radius 1 is 1.46 bits per heavy atom. The minimum atomic E-state index is 0.836. The average molecular weight is 177 g/mol. The zero-order chi connectivity index (χ0) is 9.10. The topological polar surface area (TPSA) is 27.1 Å². The number of ether oxygens (including phenoxy) is 1. The molecule has 2 heterocycles. The fourth-order valence-corrected chi connectivity index (χ4v) is 1.71. The highest BCUT2D eigenvalue weighted by Crippen LogP contribution is 2.22. The molecule has 0 saturated carbocycles. The van der Waals surface area contributed by atoms with Crippen molar-refractivity contribution in [3.63, 3.8) is 0 Å². The Bertz CT molecular complexity index is 285. The van der Waals surface area contributed by atoms with Crippen molar-refractivity contribution in [3.05, 3.63) is 11.9 Å². The molecule has 0 unspecified atom stereocenters. The summed E-state index contributed by atoms with van der Waals surface area (Å²) >= 11 is 0. The molecule has 1 aromatic heterocycles. The van der Waals surface area contributed by atoms with Gasteiger partial charge in [0.2, 0.25) is 0 Å². The van der Waals surface area contributed by atoms with Gasteiger partial charge >= 0.3 is 0 Å². The summed E-state index contributed by atoms with van der Waals surface area (Å²) < 4.78 is 7.52. The van der Waals surface area contributed by atoms with Crippen LogP contribution in [-0.4, -0.2) is 23.7 Å². The van der Waals surface area contributed by atoms with E-state index in [1.54, 1.807) is 0 Å². The van der Waals surface area contributed by atoms with Crippen LogP contribution in [0, 0.1) is 0 Å². The molecule has 0 spiro atoms. The fraction of sp³-hybridized carbons (Fsp3) is 0.667. The third kappa shape index (κ3) is 1.71. The molecule has 0 saturated heterocycles. The molecular weight excluding hydrogens is 163 g/mol. The van der Waals surface area contributed by atoms with Crippen LogP contribution in [0.4, 0.5) is 0 Å². The van der Waals surface area contributed by atoms with Gasteiger partial charge < -0.3 is 9.33 Å². The Labute approximate surface area is 79.3 Å². The molecule has 0 N–H and O–H groups in total. The normalized spacial score (nSPS) is 16.7. The van der Waals surface area contributed by atoms with Crippen molar-refractivity contribution in [1.82, 2.24) is 9.69 Å². The van der Waals surface area contributed by atoms with E-state index in [2.05, 4.69) is 5.10 Å². The van der Waals surface area contributed by atoms with E-state index in [0.29, 0.717) is 0 Å². The third-order valence-electron chi connectivity index (χ3n) is 2.42. The standard InChI is InChI=1S/C9H14BN2O/c1-10-12-8-5-3-2-4-6-13-9(8)7-11-12/h7H,2-6H2,1H3. The molecule has 0 bridgehead atoms. The first-order valence-electron chi connectivity index (χ1n) is 4.90. The highest BCUT2D eigenvalue weighted by Gasteiger charge is 2.12. The van der Waals surface area contributed by atoms with Gasteiger partial charge in [-0.25, -0.2) is 0 Å². The summed E-state index contributed by atoms with van der Waals surface area (Å²) in [5.74, 6) is 0.970. The maximum Gasteiger partial charge on any atom is 0.276 e. The Kier molecular flexibility index (Phi) is 2.57. The van der Waals surface area contributed by atoms with Crippen molar-refractivity contribution >= 4 is 7.41 Å². The molecule has 1 aliphatic rings. The minimum absolute atomic E-state index is 0.836. The molecule has 4 heteroatoms. The van der Waals surface area contributed by atoms with Gasteiger partial charge in [-0.3, -0.25) is 0 Å². The number of rotatable bonds is 1. The summed E-state index contributed by atoms with van der Waals surface area (Å²) in [5, 5.41) is 4.24. The van der Waals surface area contributed by atoms with E-state index in [1.165, 1.54) is 25.0 Å². The highest BCUT2D eigenvalue weighted by molar-refractivity contribution is 6.31. The molecule has 0 amide bonds. The predicted octanol–water partition coefficient (Wildman–Crippen LogP) is 1.50. The quantitative estimate of drug-likeness (QED) is 0.607. The molecular formula is C9H14BN2O. The lowest BCUT2D eigenvalue weighted by atomic mass is 9.99. The van der Waals surface area contributed by atoms with Crippen molar-refractivity contribution in [3.8, 4) is 5.75 Å². The van der Waals surface area contributed by atoms with Gasteiger partial charge in [0.05, 0.1) is 18.5 Å². The largest absolute Gasteiger partial charge is 0.490 e. The lowest BCUT2D eigenvalue weighted by Crippen LogP contribution is -2.11. The van der Waals surface area contributed by atoms with E-state index in [9.17, 15) is 0 Å². The minimum Gasteiger partial charge on any atom is -0.490 e. The molecule has 0 atom stereocenters. The van der Waals surface area contributed by atoms with E-state index in [-0.39, 0.29) is 0 Å². The van der Waals surface area contributed by atoms with Gasteiger partial charge in [0.15, 0.2) is 5.75 Å². The molecule has 1 aliphatic heterocycles. The van der Waals surface area contributed by atoms with Crippen LogP contribution in [0.15, 0.2) is 6.20 Å². The third-order valence-corrected chi connectivity index (χ3v) is 2.42. The van der Waals surface area contributed by atoms with Crippen molar-refractivity contribution < 1.29 is 4.74 Å². The summed E-state index contributed by atoms with van der Waals surface area (Å²) in [6.07, 6.45) is 6.57. The number of hydrogen-bond acceptors (Lipinski definition) is 2. The SMILES string of the molecule is C[B]n1ncc2c1CCCCCO2. The second-order valence-corrected chi connectivity index (χ2v) is 3.32. The molecule has 3 nitrogen and oxygen atoms in total. The van der Waals surface area contributed by atoms with Crippen LogP contribution in [0.5, 0.6) is 5.75 Å². The molecule has 13 heavy (non-hydrogen) atoms. The van der Waals surface area contributed by atoms with Crippen molar-refractivity contribution in [1.29, 1.82) is 0 Å². The number of aromatic nitrogens is 2. The van der Waals surface area contributed by atoms with Gasteiger partial charge in [-0.1, -0.05) is 6.82 Å². The average Bonchev–Trinajstić information content (AvgIpc) is 2.46. The summed E-state index contributed by atoms with van der Waals surface area (Å²) in [6.45, 7) is 2.83. The smallest absolute Gasteiger partial charge is 0.276 e. The van der Waals surface area contributed by atoms with E-state index in [4.69, 9.17) is 4.74 Å². The number of fused-ring (bicyclic) bond motifs is 1. The predicted molar refractivity (Wildman–Crippen MR) is 52.3 cm³/mol. The summed E-state index contributed by atoms with van der Waals surface area (Å²) in [6, 6.07) is 0. The van der Waals surface area contributed by atoms with Crippen LogP contribution in [-0.2, 0) is 6.42 Å². The zero-order valence-electron chi connectivity index (χ0n) is 7.99. The Hall–Kier alpha value is -0.925. The van der Waals surface area contributed by atoms with E-state index >= 15 is 0 Å². The lowest BCUT2D eigenvalue weighted by molar-refractivity contribution is 0.294. The molecule has 0 fully saturated rings. The molecule has 0 aliphatic carbocycles. The summed E-state index contributed by atoms with van der Waals surface area (Å²) in [4.78, 5) is 0. The van der Waals surface area contributed by atoms with Crippen LogP contribution in [0.25, 0.3) is 0 Å². The van der Waals surface area contributed by atoms with Gasteiger partial charge in [0.25, 0.3) is 7.41 Å². The van der Waals surface area contributed by atoms with Crippen LogP contribution >= 0.6 is 0 Å². The molecule has 69 valence electrons. The van der Waals surface area contributed by atoms with Crippen LogP contribution in [0.2, 0.25) is 6.82 Å². The molecule has 2 rings (SSSR count). The maximum absolute atomic E-state index is 5.61. The van der Waals surface area contributed by atoms with Gasteiger partial charge in [0.1, 0.15) is 0 Å². The first-order chi connectivity index (χ1) is 6.42. The van der Waals surface area contributed by atoms with E-state index in [1.807, 2.05) is 25.0 Å². The monoisotopic (exact) mass is 177 g/mol. The maximum atomic E-state index is 5.61. The van der Waals surface area contributed by atoms with E-state index < -0.39 is 0 Å². The molecule has 1 aromatic rings. The van der Waals surface area contributed by atoms with Gasteiger partial charge in [-0.15, -0.1) is 0 Å². The van der Waals surface area contributed by atoms with Crippen molar-refractivity contribution in [2.24, 2.45) is 0 Å². The zero-order valence-corrected chi connectivity index (χ0v) is 7.99. The fourth-order valence-electron chi connectivity index (χ4n) is 1.71. The first kappa shape index (κ1) is 8.66. The van der Waals surface area contributed by atoms with Gasteiger partial charge in [-0.2, -0.15) is 5.10 Å².